The van der Waals surface area contributed by atoms with Crippen molar-refractivity contribution < 1.29 is 14.6 Å². The molecule has 0 aromatic heterocycles. The minimum absolute atomic E-state index is 0.0188. The van der Waals surface area contributed by atoms with Crippen molar-refractivity contribution in [2.45, 2.75) is 0 Å². The molecule has 0 bridgehead atoms. The van der Waals surface area contributed by atoms with E-state index < -0.39 is 0 Å². The zero-order valence-corrected chi connectivity index (χ0v) is 10.2. The van der Waals surface area contributed by atoms with Gasteiger partial charge >= 0.3 is 0 Å². The molecule has 17 heavy (non-hydrogen) atoms. The summed E-state index contributed by atoms with van der Waals surface area (Å²) < 4.78 is 10.1. The van der Waals surface area contributed by atoms with Gasteiger partial charge in [-0.2, -0.15) is 5.10 Å². The van der Waals surface area contributed by atoms with Crippen molar-refractivity contribution in [1.82, 2.24) is 5.43 Å². The van der Waals surface area contributed by atoms with Gasteiger partial charge < -0.3 is 20.3 Å². The van der Waals surface area contributed by atoms with Gasteiger partial charge in [0.25, 0.3) is 0 Å². The Labute approximate surface area is 104 Å². The van der Waals surface area contributed by atoms with E-state index >= 15 is 0 Å². The van der Waals surface area contributed by atoms with Gasteiger partial charge in [-0.25, -0.2) is 0 Å². The number of hydrazone groups is 1. The molecule has 0 aliphatic rings. The van der Waals surface area contributed by atoms with Crippen molar-refractivity contribution in [2.75, 3.05) is 14.2 Å². The molecule has 0 saturated carbocycles. The third kappa shape index (κ3) is 3.49. The second kappa shape index (κ2) is 5.90. The quantitative estimate of drug-likeness (QED) is 0.414. The highest BCUT2D eigenvalue weighted by Crippen LogP contribution is 2.31. The first-order chi connectivity index (χ1) is 8.08. The molecule has 0 saturated heterocycles. The monoisotopic (exact) mass is 255 g/mol. The first-order valence-corrected chi connectivity index (χ1v) is 5.02. The van der Waals surface area contributed by atoms with Gasteiger partial charge in [0.05, 0.1) is 26.0 Å². The molecule has 1 aromatic rings. The van der Waals surface area contributed by atoms with E-state index in [2.05, 4.69) is 22.7 Å². The summed E-state index contributed by atoms with van der Waals surface area (Å²) in [5, 5.41) is 13.5. The average molecular weight is 255 g/mol. The van der Waals surface area contributed by atoms with Crippen molar-refractivity contribution >= 4 is 23.5 Å². The number of aromatic hydroxyl groups is 1. The van der Waals surface area contributed by atoms with Crippen LogP contribution in [0.15, 0.2) is 17.2 Å². The lowest BCUT2D eigenvalue weighted by Crippen LogP contribution is -2.24. The van der Waals surface area contributed by atoms with E-state index in [0.717, 1.165) is 0 Å². The Hall–Kier alpha value is -2.02. The van der Waals surface area contributed by atoms with Crippen molar-refractivity contribution in [3.63, 3.8) is 0 Å². The molecule has 1 rings (SSSR count). The fourth-order valence-corrected chi connectivity index (χ4v) is 1.22. The minimum Gasteiger partial charge on any atom is -0.507 e. The SMILES string of the molecule is COc1cc(O)c(/C=N/NC(N)=S)c(OC)c1. The van der Waals surface area contributed by atoms with Gasteiger partial charge in [-0.15, -0.1) is 0 Å². The van der Waals surface area contributed by atoms with Gasteiger partial charge in [0.15, 0.2) is 5.11 Å². The van der Waals surface area contributed by atoms with Crippen LogP contribution in [0.2, 0.25) is 0 Å². The standard InChI is InChI=1S/C10H13N3O3S/c1-15-6-3-8(14)7(9(4-6)16-2)5-12-13-10(11)17/h3-5,14H,1-2H3,(H3,11,13,17)/b12-5+. The van der Waals surface area contributed by atoms with Crippen LogP contribution in [0.1, 0.15) is 5.56 Å². The van der Waals surface area contributed by atoms with Crippen molar-refractivity contribution in [2.24, 2.45) is 10.8 Å². The van der Waals surface area contributed by atoms with Crippen LogP contribution in [-0.4, -0.2) is 30.7 Å². The highest BCUT2D eigenvalue weighted by Gasteiger charge is 2.09. The highest BCUT2D eigenvalue weighted by molar-refractivity contribution is 7.80. The molecule has 0 heterocycles. The Balaban J connectivity index is 3.05. The van der Waals surface area contributed by atoms with Crippen LogP contribution in [-0.2, 0) is 0 Å². The van der Waals surface area contributed by atoms with Crippen LogP contribution in [0.4, 0.5) is 0 Å². The largest absolute Gasteiger partial charge is 0.507 e. The number of phenolic OH excluding ortho intramolecular Hbond substituents is 1. The third-order valence-electron chi connectivity index (χ3n) is 1.92. The van der Waals surface area contributed by atoms with Crippen molar-refractivity contribution in [1.29, 1.82) is 0 Å². The Morgan fingerprint density at radius 3 is 2.71 bits per heavy atom. The highest BCUT2D eigenvalue weighted by atomic mass is 32.1. The molecular weight excluding hydrogens is 242 g/mol. The summed E-state index contributed by atoms with van der Waals surface area (Å²) in [7, 11) is 2.98. The van der Waals surface area contributed by atoms with E-state index in [0.29, 0.717) is 17.1 Å². The van der Waals surface area contributed by atoms with Crippen LogP contribution in [0.3, 0.4) is 0 Å². The Kier molecular flexibility index (Phi) is 4.53. The van der Waals surface area contributed by atoms with Gasteiger partial charge in [0, 0.05) is 12.1 Å². The summed E-state index contributed by atoms with van der Waals surface area (Å²) in [6, 6.07) is 3.08. The number of rotatable bonds is 4. The summed E-state index contributed by atoms with van der Waals surface area (Å²) in [5.41, 5.74) is 7.99. The summed E-state index contributed by atoms with van der Waals surface area (Å²) in [5.74, 6) is 0.892. The maximum atomic E-state index is 9.76. The number of hydrogen-bond acceptors (Lipinski definition) is 5. The number of hydrogen-bond donors (Lipinski definition) is 3. The number of methoxy groups -OCH3 is 2. The number of nitrogens with one attached hydrogen (secondary N) is 1. The molecule has 0 amide bonds. The molecule has 7 heteroatoms. The molecular formula is C10H13N3O3S. The molecule has 1 aromatic carbocycles. The number of thiocarbonyl (C=S) groups is 1. The summed E-state index contributed by atoms with van der Waals surface area (Å²) in [4.78, 5) is 0. The molecule has 0 atom stereocenters. The number of nitrogens with zero attached hydrogens (tertiary/aromatic N) is 1. The average Bonchev–Trinajstić information content (AvgIpc) is 2.30. The molecule has 92 valence electrons. The van der Waals surface area contributed by atoms with Crippen LogP contribution in [0, 0.1) is 0 Å². The molecule has 0 aliphatic heterocycles. The Morgan fingerprint density at radius 1 is 1.47 bits per heavy atom. The Bertz CT molecular complexity index is 449. The molecule has 0 radical (unpaired) electrons. The number of nitrogens with two attached hydrogens (primary N) is 1. The van der Waals surface area contributed by atoms with E-state index in [1.165, 1.54) is 26.5 Å². The van der Waals surface area contributed by atoms with Gasteiger partial charge in [-0.05, 0) is 12.2 Å². The van der Waals surface area contributed by atoms with Gasteiger partial charge in [-0.3, -0.25) is 5.43 Å². The van der Waals surface area contributed by atoms with Crippen molar-refractivity contribution in [3.05, 3.63) is 17.7 Å². The van der Waals surface area contributed by atoms with Crippen LogP contribution < -0.4 is 20.6 Å². The Morgan fingerprint density at radius 2 is 2.18 bits per heavy atom. The van der Waals surface area contributed by atoms with Crippen LogP contribution >= 0.6 is 12.2 Å². The molecule has 0 fully saturated rings. The maximum Gasteiger partial charge on any atom is 0.184 e. The lowest BCUT2D eigenvalue weighted by molar-refractivity contribution is 0.384. The number of phenols is 1. The third-order valence-corrected chi connectivity index (χ3v) is 2.01. The van der Waals surface area contributed by atoms with E-state index in [-0.39, 0.29) is 10.9 Å². The van der Waals surface area contributed by atoms with Crippen LogP contribution in [0.25, 0.3) is 0 Å². The second-order valence-corrected chi connectivity index (χ2v) is 3.44. The summed E-state index contributed by atoms with van der Waals surface area (Å²) in [6.07, 6.45) is 1.35. The molecule has 6 nitrogen and oxygen atoms in total. The van der Waals surface area contributed by atoms with Crippen LogP contribution in [0.5, 0.6) is 17.2 Å². The normalized spacial score (nSPS) is 10.2. The summed E-state index contributed by atoms with van der Waals surface area (Å²) in [6.45, 7) is 0. The number of ether oxygens (including phenoxy) is 2. The predicted molar refractivity (Wildman–Crippen MR) is 68.7 cm³/mol. The minimum atomic E-state index is -0.0188. The molecule has 0 spiro atoms. The van der Waals surface area contributed by atoms with E-state index in [4.69, 9.17) is 15.2 Å². The predicted octanol–water partition coefficient (Wildman–Crippen LogP) is 0.577. The number of benzene rings is 1. The molecule has 0 aliphatic carbocycles. The zero-order valence-electron chi connectivity index (χ0n) is 9.43. The van der Waals surface area contributed by atoms with Gasteiger partial charge in [0.2, 0.25) is 0 Å². The van der Waals surface area contributed by atoms with E-state index in [9.17, 15) is 5.11 Å². The first-order valence-electron chi connectivity index (χ1n) is 4.62. The molecule has 4 N–H and O–H groups in total. The topological polar surface area (TPSA) is 89.1 Å². The smallest absolute Gasteiger partial charge is 0.184 e. The fourth-order valence-electron chi connectivity index (χ4n) is 1.16. The van der Waals surface area contributed by atoms with Gasteiger partial charge in [-0.1, -0.05) is 0 Å². The fraction of sp³-hybridized carbons (Fsp3) is 0.200. The first kappa shape index (κ1) is 13.0. The lowest BCUT2D eigenvalue weighted by Gasteiger charge is -2.09. The van der Waals surface area contributed by atoms with Crippen molar-refractivity contribution in [3.8, 4) is 17.2 Å². The summed E-state index contributed by atoms with van der Waals surface area (Å²) >= 11 is 4.58. The van der Waals surface area contributed by atoms with E-state index in [1.807, 2.05) is 0 Å². The molecule has 0 unspecified atom stereocenters. The maximum absolute atomic E-state index is 9.76. The van der Waals surface area contributed by atoms with E-state index in [1.54, 1.807) is 6.07 Å². The lowest BCUT2D eigenvalue weighted by atomic mass is 10.2. The van der Waals surface area contributed by atoms with Gasteiger partial charge in [0.1, 0.15) is 17.2 Å². The second-order valence-electron chi connectivity index (χ2n) is 3.00. The zero-order chi connectivity index (χ0) is 12.8.